The van der Waals surface area contributed by atoms with Crippen LogP contribution in [-0.2, 0) is 0 Å². The molecular formula is C14H19NO. The van der Waals surface area contributed by atoms with E-state index in [1.165, 1.54) is 0 Å². The van der Waals surface area contributed by atoms with Gasteiger partial charge < -0.3 is 5.32 Å². The first-order valence-electron chi connectivity index (χ1n) is 6.09. The lowest BCUT2D eigenvalue weighted by molar-refractivity contribution is 0.0717. The third-order valence-electron chi connectivity index (χ3n) is 3.76. The van der Waals surface area contributed by atoms with Gasteiger partial charge >= 0.3 is 0 Å². The molecule has 2 rings (SSSR count). The summed E-state index contributed by atoms with van der Waals surface area (Å²) in [6, 6.07) is 9.71. The molecule has 0 aromatic heterocycles. The van der Waals surface area contributed by atoms with E-state index in [-0.39, 0.29) is 5.41 Å². The lowest BCUT2D eigenvalue weighted by atomic mass is 9.71. The van der Waals surface area contributed by atoms with Crippen molar-refractivity contribution in [1.29, 1.82) is 0 Å². The van der Waals surface area contributed by atoms with E-state index in [0.717, 1.165) is 37.9 Å². The zero-order valence-corrected chi connectivity index (χ0v) is 9.83. The SMILES string of the molecule is CCC1(C(=O)c2ccccc2)CCNCC1. The van der Waals surface area contributed by atoms with Crippen LogP contribution in [0.5, 0.6) is 0 Å². The number of carbonyl (C=O) groups is 1. The van der Waals surface area contributed by atoms with E-state index >= 15 is 0 Å². The van der Waals surface area contributed by atoms with Crippen molar-refractivity contribution in [1.82, 2.24) is 5.32 Å². The minimum Gasteiger partial charge on any atom is -0.317 e. The highest BCUT2D eigenvalue weighted by molar-refractivity contribution is 6.00. The molecular weight excluding hydrogens is 198 g/mol. The molecule has 1 N–H and O–H groups in total. The Morgan fingerprint density at radius 2 is 1.88 bits per heavy atom. The minimum absolute atomic E-state index is 0.118. The average molecular weight is 217 g/mol. The molecule has 0 radical (unpaired) electrons. The van der Waals surface area contributed by atoms with Gasteiger partial charge in [0.2, 0.25) is 0 Å². The second kappa shape index (κ2) is 4.79. The number of carbonyl (C=O) groups excluding carboxylic acids is 1. The summed E-state index contributed by atoms with van der Waals surface area (Å²) >= 11 is 0. The molecule has 16 heavy (non-hydrogen) atoms. The van der Waals surface area contributed by atoms with E-state index in [1.807, 2.05) is 30.3 Å². The van der Waals surface area contributed by atoms with Gasteiger partial charge in [-0.05, 0) is 32.4 Å². The number of hydrogen-bond donors (Lipinski definition) is 1. The molecule has 0 atom stereocenters. The number of piperidine rings is 1. The minimum atomic E-state index is -0.118. The lowest BCUT2D eigenvalue weighted by Gasteiger charge is -2.35. The van der Waals surface area contributed by atoms with Crippen molar-refractivity contribution < 1.29 is 4.79 Å². The molecule has 0 spiro atoms. The maximum Gasteiger partial charge on any atom is 0.169 e. The van der Waals surface area contributed by atoms with Crippen molar-refractivity contribution in [2.24, 2.45) is 5.41 Å². The summed E-state index contributed by atoms with van der Waals surface area (Å²) in [5, 5.41) is 3.33. The first-order valence-corrected chi connectivity index (χ1v) is 6.09. The topological polar surface area (TPSA) is 29.1 Å². The number of hydrogen-bond acceptors (Lipinski definition) is 2. The van der Waals surface area contributed by atoms with Crippen LogP contribution < -0.4 is 5.32 Å². The number of ketones is 1. The van der Waals surface area contributed by atoms with Crippen LogP contribution in [0.4, 0.5) is 0 Å². The Morgan fingerprint density at radius 3 is 2.44 bits per heavy atom. The normalized spacial score (nSPS) is 19.3. The first-order chi connectivity index (χ1) is 7.78. The Bertz CT molecular complexity index is 352. The molecule has 1 saturated heterocycles. The van der Waals surface area contributed by atoms with Crippen LogP contribution in [0, 0.1) is 5.41 Å². The molecule has 2 nitrogen and oxygen atoms in total. The standard InChI is InChI=1S/C14H19NO/c1-2-14(8-10-15-11-9-14)13(16)12-6-4-3-5-7-12/h3-7,15H,2,8-11H2,1H3. The maximum atomic E-state index is 12.5. The summed E-state index contributed by atoms with van der Waals surface area (Å²) in [6.07, 6.45) is 2.89. The third-order valence-corrected chi connectivity index (χ3v) is 3.76. The van der Waals surface area contributed by atoms with Gasteiger partial charge in [-0.3, -0.25) is 4.79 Å². The molecule has 1 heterocycles. The van der Waals surface area contributed by atoms with E-state index in [2.05, 4.69) is 12.2 Å². The fraction of sp³-hybridized carbons (Fsp3) is 0.500. The van der Waals surface area contributed by atoms with Gasteiger partial charge in [-0.15, -0.1) is 0 Å². The van der Waals surface area contributed by atoms with Gasteiger partial charge in [0.25, 0.3) is 0 Å². The fourth-order valence-electron chi connectivity index (χ4n) is 2.54. The van der Waals surface area contributed by atoms with Gasteiger partial charge in [0.1, 0.15) is 0 Å². The van der Waals surface area contributed by atoms with Crippen molar-refractivity contribution in [3.05, 3.63) is 35.9 Å². The van der Waals surface area contributed by atoms with E-state index < -0.39 is 0 Å². The molecule has 0 aliphatic carbocycles. The van der Waals surface area contributed by atoms with E-state index in [0.29, 0.717) is 5.78 Å². The first kappa shape index (κ1) is 11.3. The largest absolute Gasteiger partial charge is 0.317 e. The predicted molar refractivity (Wildman–Crippen MR) is 65.6 cm³/mol. The smallest absolute Gasteiger partial charge is 0.169 e. The van der Waals surface area contributed by atoms with Crippen LogP contribution in [0.15, 0.2) is 30.3 Å². The highest BCUT2D eigenvalue weighted by Crippen LogP contribution is 2.35. The quantitative estimate of drug-likeness (QED) is 0.789. The summed E-state index contributed by atoms with van der Waals surface area (Å²) in [5.41, 5.74) is 0.748. The molecule has 0 bridgehead atoms. The molecule has 1 aromatic carbocycles. The predicted octanol–water partition coefficient (Wildman–Crippen LogP) is 2.65. The maximum absolute atomic E-state index is 12.5. The summed E-state index contributed by atoms with van der Waals surface area (Å²) in [6.45, 7) is 4.06. The second-order valence-electron chi connectivity index (χ2n) is 4.58. The summed E-state index contributed by atoms with van der Waals surface area (Å²) in [7, 11) is 0. The number of Topliss-reactive ketones (excluding diaryl/α,β-unsaturated/α-hetero) is 1. The number of rotatable bonds is 3. The molecule has 86 valence electrons. The van der Waals surface area contributed by atoms with Crippen LogP contribution in [0.2, 0.25) is 0 Å². The Morgan fingerprint density at radius 1 is 1.25 bits per heavy atom. The van der Waals surface area contributed by atoms with Crippen LogP contribution in [0.1, 0.15) is 36.5 Å². The molecule has 1 aliphatic heterocycles. The van der Waals surface area contributed by atoms with Crippen molar-refractivity contribution >= 4 is 5.78 Å². The summed E-state index contributed by atoms with van der Waals surface area (Å²) in [5.74, 6) is 0.331. The van der Waals surface area contributed by atoms with E-state index in [9.17, 15) is 4.79 Å². The average Bonchev–Trinajstić information content (AvgIpc) is 2.39. The monoisotopic (exact) mass is 217 g/mol. The summed E-state index contributed by atoms with van der Waals surface area (Å²) < 4.78 is 0. The molecule has 2 heteroatoms. The zero-order valence-electron chi connectivity index (χ0n) is 9.83. The van der Waals surface area contributed by atoms with Crippen LogP contribution >= 0.6 is 0 Å². The third kappa shape index (κ3) is 2.03. The van der Waals surface area contributed by atoms with Gasteiger partial charge in [0.15, 0.2) is 5.78 Å². The Balaban J connectivity index is 2.24. The Hall–Kier alpha value is -1.15. The Kier molecular flexibility index (Phi) is 3.39. The van der Waals surface area contributed by atoms with Crippen molar-refractivity contribution in [2.45, 2.75) is 26.2 Å². The van der Waals surface area contributed by atoms with Crippen LogP contribution in [0.3, 0.4) is 0 Å². The van der Waals surface area contributed by atoms with Gasteiger partial charge in [-0.25, -0.2) is 0 Å². The summed E-state index contributed by atoms with van der Waals surface area (Å²) in [4.78, 5) is 12.5. The van der Waals surface area contributed by atoms with Gasteiger partial charge in [0, 0.05) is 11.0 Å². The van der Waals surface area contributed by atoms with Crippen LogP contribution in [0.25, 0.3) is 0 Å². The van der Waals surface area contributed by atoms with Gasteiger partial charge in [-0.1, -0.05) is 37.3 Å². The van der Waals surface area contributed by atoms with Crippen LogP contribution in [-0.4, -0.2) is 18.9 Å². The molecule has 0 saturated carbocycles. The lowest BCUT2D eigenvalue weighted by Crippen LogP contribution is -2.41. The molecule has 1 aromatic rings. The van der Waals surface area contributed by atoms with Gasteiger partial charge in [-0.2, -0.15) is 0 Å². The highest BCUT2D eigenvalue weighted by atomic mass is 16.1. The van der Waals surface area contributed by atoms with Crippen molar-refractivity contribution in [2.75, 3.05) is 13.1 Å². The molecule has 1 fully saturated rings. The van der Waals surface area contributed by atoms with Crippen molar-refractivity contribution in [3.63, 3.8) is 0 Å². The second-order valence-corrected chi connectivity index (χ2v) is 4.58. The number of nitrogens with one attached hydrogen (secondary N) is 1. The highest BCUT2D eigenvalue weighted by Gasteiger charge is 2.37. The van der Waals surface area contributed by atoms with E-state index in [1.54, 1.807) is 0 Å². The number of benzene rings is 1. The van der Waals surface area contributed by atoms with Crippen molar-refractivity contribution in [3.8, 4) is 0 Å². The molecule has 1 aliphatic rings. The van der Waals surface area contributed by atoms with E-state index in [4.69, 9.17) is 0 Å². The van der Waals surface area contributed by atoms with Gasteiger partial charge in [0.05, 0.1) is 0 Å². The molecule has 0 unspecified atom stereocenters. The Labute approximate surface area is 97.1 Å². The molecule has 0 amide bonds. The zero-order chi connectivity index (χ0) is 11.4. The fourth-order valence-corrected chi connectivity index (χ4v) is 2.54.